The summed E-state index contributed by atoms with van der Waals surface area (Å²) in [6.07, 6.45) is 2.65. The number of hydrogen-bond donors (Lipinski definition) is 2. The summed E-state index contributed by atoms with van der Waals surface area (Å²) >= 11 is 0. The van der Waals surface area contributed by atoms with Gasteiger partial charge in [-0.05, 0) is 25.7 Å². The van der Waals surface area contributed by atoms with E-state index in [1.165, 1.54) is 0 Å². The SMILES string of the molecule is Cc1nn(C)c(N2CCC3NC(=O)CCC3C2)c1CN. The molecule has 2 atom stereocenters. The average molecular weight is 277 g/mol. The number of nitrogens with zero attached hydrogens (tertiary/aromatic N) is 3. The first-order valence-electron chi connectivity index (χ1n) is 7.37. The number of nitrogens with two attached hydrogens (primary N) is 1. The highest BCUT2D eigenvalue weighted by atomic mass is 16.1. The molecule has 0 radical (unpaired) electrons. The van der Waals surface area contributed by atoms with Crippen LogP contribution in [0.1, 0.15) is 30.5 Å². The van der Waals surface area contributed by atoms with Crippen LogP contribution in [0.15, 0.2) is 0 Å². The third kappa shape index (κ3) is 2.18. The first-order chi connectivity index (χ1) is 9.60. The Morgan fingerprint density at radius 2 is 2.25 bits per heavy atom. The van der Waals surface area contributed by atoms with Crippen LogP contribution in [0.5, 0.6) is 0 Å². The quantitative estimate of drug-likeness (QED) is 0.815. The zero-order chi connectivity index (χ0) is 14.3. The lowest BCUT2D eigenvalue weighted by Gasteiger charge is -2.42. The van der Waals surface area contributed by atoms with Gasteiger partial charge in [-0.3, -0.25) is 9.48 Å². The number of fused-ring (bicyclic) bond motifs is 1. The molecule has 0 aliphatic carbocycles. The maximum absolute atomic E-state index is 11.5. The number of hydrogen-bond acceptors (Lipinski definition) is 4. The molecule has 110 valence electrons. The molecule has 3 heterocycles. The van der Waals surface area contributed by atoms with Crippen molar-refractivity contribution in [2.75, 3.05) is 18.0 Å². The Kier molecular flexibility index (Phi) is 3.41. The van der Waals surface area contributed by atoms with Crippen LogP contribution in [0.4, 0.5) is 5.82 Å². The van der Waals surface area contributed by atoms with E-state index in [1.54, 1.807) is 0 Å². The van der Waals surface area contributed by atoms with Gasteiger partial charge in [0.2, 0.25) is 5.91 Å². The van der Waals surface area contributed by atoms with Gasteiger partial charge in [-0.25, -0.2) is 0 Å². The molecule has 0 saturated carbocycles. The Morgan fingerprint density at radius 1 is 1.45 bits per heavy atom. The first kappa shape index (κ1) is 13.4. The van der Waals surface area contributed by atoms with E-state index in [0.29, 0.717) is 24.9 Å². The van der Waals surface area contributed by atoms with Crippen molar-refractivity contribution in [1.29, 1.82) is 0 Å². The van der Waals surface area contributed by atoms with Gasteiger partial charge < -0.3 is 16.0 Å². The summed E-state index contributed by atoms with van der Waals surface area (Å²) < 4.78 is 1.94. The summed E-state index contributed by atoms with van der Waals surface area (Å²) in [4.78, 5) is 13.9. The molecule has 0 aromatic carbocycles. The Morgan fingerprint density at radius 3 is 3.00 bits per heavy atom. The van der Waals surface area contributed by atoms with Gasteiger partial charge in [0.1, 0.15) is 5.82 Å². The molecule has 6 heteroatoms. The van der Waals surface area contributed by atoms with E-state index in [0.717, 1.165) is 43.0 Å². The zero-order valence-electron chi connectivity index (χ0n) is 12.2. The lowest BCUT2D eigenvalue weighted by Crippen LogP contribution is -2.54. The number of nitrogens with one attached hydrogen (secondary N) is 1. The molecular formula is C14H23N5O. The second kappa shape index (κ2) is 5.09. The van der Waals surface area contributed by atoms with Gasteiger partial charge in [-0.2, -0.15) is 5.10 Å². The smallest absolute Gasteiger partial charge is 0.220 e. The van der Waals surface area contributed by atoms with Gasteiger partial charge in [0.25, 0.3) is 0 Å². The molecule has 2 unspecified atom stereocenters. The number of rotatable bonds is 2. The summed E-state index contributed by atoms with van der Waals surface area (Å²) in [6, 6.07) is 0.350. The molecular weight excluding hydrogens is 254 g/mol. The number of anilines is 1. The first-order valence-corrected chi connectivity index (χ1v) is 7.37. The predicted molar refractivity (Wildman–Crippen MR) is 77.3 cm³/mol. The number of aryl methyl sites for hydroxylation is 2. The number of aromatic nitrogens is 2. The van der Waals surface area contributed by atoms with Crippen molar-refractivity contribution >= 4 is 11.7 Å². The summed E-state index contributed by atoms with van der Waals surface area (Å²) in [5.74, 6) is 1.90. The molecule has 2 aliphatic rings. The van der Waals surface area contributed by atoms with Crippen LogP contribution in [-0.2, 0) is 18.4 Å². The second-order valence-electron chi connectivity index (χ2n) is 5.92. The van der Waals surface area contributed by atoms with Gasteiger partial charge in [-0.15, -0.1) is 0 Å². The van der Waals surface area contributed by atoms with Crippen LogP contribution in [-0.4, -0.2) is 34.8 Å². The minimum absolute atomic E-state index is 0.207. The normalized spacial score (nSPS) is 26.4. The predicted octanol–water partition coefficient (Wildman–Crippen LogP) is 0.292. The molecule has 1 aromatic heterocycles. The molecule has 2 saturated heterocycles. The number of carbonyl (C=O) groups is 1. The van der Waals surface area contributed by atoms with Gasteiger partial charge in [0.05, 0.1) is 5.69 Å². The average Bonchev–Trinajstić information content (AvgIpc) is 2.72. The zero-order valence-corrected chi connectivity index (χ0v) is 12.2. The van der Waals surface area contributed by atoms with Crippen molar-refractivity contribution in [2.45, 2.75) is 38.8 Å². The molecule has 3 rings (SSSR count). The van der Waals surface area contributed by atoms with E-state index in [-0.39, 0.29) is 5.91 Å². The Hall–Kier alpha value is -1.56. The molecule has 3 N–H and O–H groups in total. The number of amides is 1. The van der Waals surface area contributed by atoms with Crippen LogP contribution >= 0.6 is 0 Å². The van der Waals surface area contributed by atoms with Gasteiger partial charge in [-0.1, -0.05) is 0 Å². The van der Waals surface area contributed by atoms with Gasteiger partial charge in [0, 0.05) is 44.7 Å². The highest BCUT2D eigenvalue weighted by molar-refractivity contribution is 5.77. The lowest BCUT2D eigenvalue weighted by atomic mass is 9.85. The van der Waals surface area contributed by atoms with Crippen LogP contribution < -0.4 is 16.0 Å². The lowest BCUT2D eigenvalue weighted by molar-refractivity contribution is -0.124. The minimum Gasteiger partial charge on any atom is -0.356 e. The van der Waals surface area contributed by atoms with E-state index in [9.17, 15) is 4.79 Å². The van der Waals surface area contributed by atoms with Crippen molar-refractivity contribution in [2.24, 2.45) is 18.7 Å². The van der Waals surface area contributed by atoms with E-state index < -0.39 is 0 Å². The van der Waals surface area contributed by atoms with E-state index >= 15 is 0 Å². The maximum Gasteiger partial charge on any atom is 0.220 e. The summed E-state index contributed by atoms with van der Waals surface area (Å²) in [6.45, 7) is 4.47. The summed E-state index contributed by atoms with van der Waals surface area (Å²) in [5.41, 5.74) is 8.05. The Bertz CT molecular complexity index is 524. The molecule has 20 heavy (non-hydrogen) atoms. The van der Waals surface area contributed by atoms with Crippen molar-refractivity contribution < 1.29 is 4.79 Å². The Labute approximate surface area is 119 Å². The topological polar surface area (TPSA) is 76.2 Å². The third-order valence-corrected chi connectivity index (χ3v) is 4.64. The summed E-state index contributed by atoms with van der Waals surface area (Å²) in [5, 5.41) is 7.62. The summed E-state index contributed by atoms with van der Waals surface area (Å²) in [7, 11) is 1.98. The Balaban J connectivity index is 1.81. The fourth-order valence-corrected chi connectivity index (χ4v) is 3.63. The minimum atomic E-state index is 0.207. The van der Waals surface area contributed by atoms with E-state index in [4.69, 9.17) is 5.73 Å². The van der Waals surface area contributed by atoms with Crippen LogP contribution in [0.2, 0.25) is 0 Å². The largest absolute Gasteiger partial charge is 0.356 e. The fraction of sp³-hybridized carbons (Fsp3) is 0.714. The highest BCUT2D eigenvalue weighted by Crippen LogP contribution is 2.31. The molecule has 1 amide bonds. The van der Waals surface area contributed by atoms with Crippen molar-refractivity contribution in [3.05, 3.63) is 11.3 Å². The van der Waals surface area contributed by atoms with Crippen molar-refractivity contribution in [3.63, 3.8) is 0 Å². The second-order valence-corrected chi connectivity index (χ2v) is 5.92. The van der Waals surface area contributed by atoms with Gasteiger partial charge >= 0.3 is 0 Å². The van der Waals surface area contributed by atoms with Crippen molar-refractivity contribution in [1.82, 2.24) is 15.1 Å². The number of carbonyl (C=O) groups excluding carboxylic acids is 1. The van der Waals surface area contributed by atoms with Crippen LogP contribution in [0, 0.1) is 12.8 Å². The molecule has 0 bridgehead atoms. The fourth-order valence-electron chi connectivity index (χ4n) is 3.63. The van der Waals surface area contributed by atoms with Crippen LogP contribution in [0.3, 0.4) is 0 Å². The molecule has 2 aliphatic heterocycles. The molecule has 2 fully saturated rings. The van der Waals surface area contributed by atoms with E-state index in [2.05, 4.69) is 15.3 Å². The maximum atomic E-state index is 11.5. The van der Waals surface area contributed by atoms with E-state index in [1.807, 2.05) is 18.7 Å². The number of piperidine rings is 2. The monoisotopic (exact) mass is 277 g/mol. The van der Waals surface area contributed by atoms with Crippen LogP contribution in [0.25, 0.3) is 0 Å². The van der Waals surface area contributed by atoms with Gasteiger partial charge in [0.15, 0.2) is 0 Å². The molecule has 6 nitrogen and oxygen atoms in total. The highest BCUT2D eigenvalue weighted by Gasteiger charge is 2.35. The molecule has 1 aromatic rings. The van der Waals surface area contributed by atoms with Crippen molar-refractivity contribution in [3.8, 4) is 0 Å². The molecule has 0 spiro atoms. The standard InChI is InChI=1S/C14H23N5O/c1-9-11(7-15)14(18(2)17-9)19-6-5-12-10(8-19)3-4-13(20)16-12/h10,12H,3-8,15H2,1-2H3,(H,16,20). The third-order valence-electron chi connectivity index (χ3n) is 4.64.